The molecule has 9 nitrogen and oxygen atoms in total. The molecule has 2 aromatic rings. The molecule has 0 aromatic heterocycles. The molecule has 2 fully saturated rings. The van der Waals surface area contributed by atoms with Crippen molar-refractivity contribution in [3.8, 4) is 5.75 Å². The molecule has 0 radical (unpaired) electrons. The number of nitrogens with one attached hydrogen (secondary N) is 1. The maximum absolute atomic E-state index is 13.6. The molecule has 1 saturated heterocycles. The number of methoxy groups -OCH3 is 3. The summed E-state index contributed by atoms with van der Waals surface area (Å²) in [6, 6.07) is 12.6. The zero-order valence-corrected chi connectivity index (χ0v) is 34.9. The summed E-state index contributed by atoms with van der Waals surface area (Å²) < 4.78 is 27.7. The van der Waals surface area contributed by atoms with E-state index in [4.69, 9.17) is 30.5 Å². The molecule has 3 heterocycles. The van der Waals surface area contributed by atoms with E-state index >= 15 is 0 Å². The molecule has 6 rings (SSSR count). The number of aryl methyl sites for hydroxylation is 1. The van der Waals surface area contributed by atoms with E-state index in [0.29, 0.717) is 43.1 Å². The average Bonchev–Trinajstić information content (AvgIpc) is 3.34. The van der Waals surface area contributed by atoms with Crippen LogP contribution in [0.1, 0.15) is 73.9 Å². The van der Waals surface area contributed by atoms with Gasteiger partial charge in [-0.1, -0.05) is 57.0 Å². The highest BCUT2D eigenvalue weighted by molar-refractivity contribution is 7.98. The third kappa shape index (κ3) is 9.61. The number of nitrogens with zero attached hydrogens (tertiary/aromatic N) is 3. The normalized spacial score (nSPS) is 29.1. The van der Waals surface area contributed by atoms with Gasteiger partial charge in [-0.05, 0) is 96.8 Å². The summed E-state index contributed by atoms with van der Waals surface area (Å²) in [5, 5.41) is 1.01. The van der Waals surface area contributed by atoms with Gasteiger partial charge in [0.2, 0.25) is 0 Å². The van der Waals surface area contributed by atoms with Crippen molar-refractivity contribution in [1.82, 2.24) is 14.5 Å². The minimum atomic E-state index is -0.415. The lowest BCUT2D eigenvalue weighted by Gasteiger charge is -2.52. The maximum atomic E-state index is 13.6. The van der Waals surface area contributed by atoms with Crippen LogP contribution in [-0.2, 0) is 20.6 Å². The number of benzene rings is 2. The van der Waals surface area contributed by atoms with Crippen LogP contribution >= 0.6 is 23.5 Å². The average molecular weight is 784 g/mol. The standard InChI is InChI=1S/C43H63ClN4O5S/c1-7-9-32-22-36(44)13-14-38(32)35-25-48-24-34-11-15-39(34)43(52-6,29-46-18-20-47(21-19-46)37(27-50-4)28-51-5)17-8-10-30(2)31(3)54-45-42(49)33-12-16-41(53-26-35)40(48)23-33/h8,12-14,16-17,22-23,30-31,34-35,37,39H,7,9-11,15,18-21,24-29H2,1-6H3,(H,45,49)/b17-8+. The van der Waals surface area contributed by atoms with Crippen LogP contribution in [0.25, 0.3) is 0 Å². The Morgan fingerprint density at radius 1 is 1.02 bits per heavy atom. The molecule has 6 unspecified atom stereocenters. The van der Waals surface area contributed by atoms with Crippen molar-refractivity contribution < 1.29 is 23.7 Å². The van der Waals surface area contributed by atoms with Gasteiger partial charge < -0.3 is 23.8 Å². The maximum Gasteiger partial charge on any atom is 0.261 e. The number of hydrogen-bond acceptors (Lipinski definition) is 9. The van der Waals surface area contributed by atoms with E-state index in [-0.39, 0.29) is 23.1 Å². The molecule has 2 aromatic carbocycles. The lowest BCUT2D eigenvalue weighted by molar-refractivity contribution is -0.0978. The van der Waals surface area contributed by atoms with Gasteiger partial charge in [-0.3, -0.25) is 19.3 Å². The van der Waals surface area contributed by atoms with Crippen molar-refractivity contribution >= 4 is 35.1 Å². The number of halogens is 1. The first-order valence-electron chi connectivity index (χ1n) is 20.1. The molecule has 3 aliphatic heterocycles. The van der Waals surface area contributed by atoms with Crippen LogP contribution in [0.5, 0.6) is 5.75 Å². The van der Waals surface area contributed by atoms with Crippen LogP contribution < -0.4 is 14.4 Å². The smallest absolute Gasteiger partial charge is 0.261 e. The Labute approximate surface area is 333 Å². The fourth-order valence-corrected chi connectivity index (χ4v) is 9.97. The van der Waals surface area contributed by atoms with Crippen LogP contribution in [-0.4, -0.2) is 120 Å². The van der Waals surface area contributed by atoms with Gasteiger partial charge >= 0.3 is 0 Å². The molecule has 11 heteroatoms. The highest BCUT2D eigenvalue weighted by atomic mass is 35.5. The van der Waals surface area contributed by atoms with E-state index in [1.165, 1.54) is 23.1 Å². The number of hydrogen-bond donors (Lipinski definition) is 1. The van der Waals surface area contributed by atoms with Gasteiger partial charge in [0.05, 0.1) is 31.5 Å². The summed E-state index contributed by atoms with van der Waals surface area (Å²) >= 11 is 8.04. The monoisotopic (exact) mass is 782 g/mol. The number of allylic oxidation sites excluding steroid dienone is 1. The van der Waals surface area contributed by atoms with Crippen molar-refractivity contribution in [3.63, 3.8) is 0 Å². The Hall–Kier alpha value is -2.31. The summed E-state index contributed by atoms with van der Waals surface area (Å²) in [7, 11) is 5.47. The summed E-state index contributed by atoms with van der Waals surface area (Å²) in [4.78, 5) is 21.2. The first-order valence-corrected chi connectivity index (χ1v) is 21.4. The Morgan fingerprint density at radius 3 is 2.48 bits per heavy atom. The lowest BCUT2D eigenvalue weighted by atomic mass is 9.63. The van der Waals surface area contributed by atoms with E-state index in [0.717, 1.165) is 94.4 Å². The summed E-state index contributed by atoms with van der Waals surface area (Å²) in [5.74, 6) is 2.05. The van der Waals surface area contributed by atoms with Crippen LogP contribution in [0.4, 0.5) is 5.69 Å². The third-order valence-corrected chi connectivity index (χ3v) is 13.9. The zero-order chi connectivity index (χ0) is 38.2. The van der Waals surface area contributed by atoms with Gasteiger partial charge in [-0.15, -0.1) is 0 Å². The first kappa shape index (κ1) is 41.3. The Kier molecular flexibility index (Phi) is 14.7. The highest BCUT2D eigenvalue weighted by Crippen LogP contribution is 2.47. The second kappa shape index (κ2) is 19.2. The molecule has 6 atom stereocenters. The molecule has 1 saturated carbocycles. The first-order chi connectivity index (χ1) is 26.2. The molecule has 1 N–H and O–H groups in total. The van der Waals surface area contributed by atoms with Gasteiger partial charge in [-0.2, -0.15) is 0 Å². The number of amides is 1. The second-order valence-corrected chi connectivity index (χ2v) is 17.7. The molecular weight excluding hydrogens is 720 g/mol. The number of anilines is 1. The van der Waals surface area contributed by atoms with Crippen LogP contribution in [0.3, 0.4) is 0 Å². The number of ether oxygens (including phenoxy) is 4. The van der Waals surface area contributed by atoms with Crippen LogP contribution in [0.15, 0.2) is 48.6 Å². The molecule has 2 bridgehead atoms. The Morgan fingerprint density at radius 2 is 1.80 bits per heavy atom. The van der Waals surface area contributed by atoms with Gasteiger partial charge in [-0.25, -0.2) is 0 Å². The van der Waals surface area contributed by atoms with Crippen LogP contribution in [0.2, 0.25) is 5.02 Å². The zero-order valence-electron chi connectivity index (χ0n) is 33.4. The van der Waals surface area contributed by atoms with E-state index < -0.39 is 5.60 Å². The molecular formula is C43H63ClN4O5S. The van der Waals surface area contributed by atoms with E-state index in [2.05, 4.69) is 70.5 Å². The van der Waals surface area contributed by atoms with Crippen molar-refractivity contribution in [3.05, 3.63) is 70.3 Å². The summed E-state index contributed by atoms with van der Waals surface area (Å²) in [6.07, 6.45) is 9.97. The molecule has 1 aliphatic carbocycles. The van der Waals surface area contributed by atoms with Crippen molar-refractivity contribution in [1.29, 1.82) is 0 Å². The molecule has 1 amide bonds. The molecule has 54 heavy (non-hydrogen) atoms. The highest BCUT2D eigenvalue weighted by Gasteiger charge is 2.48. The van der Waals surface area contributed by atoms with Gasteiger partial charge in [0.15, 0.2) is 0 Å². The minimum absolute atomic E-state index is 0.0658. The Bertz CT molecular complexity index is 1570. The SMILES string of the molecule is CCCc1cc(Cl)ccc1C1COc2ccc3cc2N(C1)CC1CCC1C(CN1CCN(C(COC)COC)CC1)(OC)/C=C/CC(C)C(C)SNC3=O. The molecule has 4 aliphatic rings. The van der Waals surface area contributed by atoms with E-state index in [9.17, 15) is 4.79 Å². The van der Waals surface area contributed by atoms with Crippen LogP contribution in [0, 0.1) is 17.8 Å². The number of rotatable bonds is 11. The van der Waals surface area contributed by atoms with E-state index in [1.807, 2.05) is 25.3 Å². The number of carbonyl (C=O) groups is 1. The largest absolute Gasteiger partial charge is 0.491 e. The van der Waals surface area contributed by atoms with Gasteiger partial charge in [0.1, 0.15) is 11.4 Å². The fourth-order valence-electron chi connectivity index (χ4n) is 9.02. The predicted octanol–water partition coefficient (Wildman–Crippen LogP) is 7.33. The predicted molar refractivity (Wildman–Crippen MR) is 221 cm³/mol. The van der Waals surface area contributed by atoms with E-state index in [1.54, 1.807) is 14.2 Å². The van der Waals surface area contributed by atoms with Crippen molar-refractivity contribution in [2.24, 2.45) is 17.8 Å². The summed E-state index contributed by atoms with van der Waals surface area (Å²) in [6.45, 7) is 15.0. The van der Waals surface area contributed by atoms with Crippen molar-refractivity contribution in [2.45, 2.75) is 75.7 Å². The number of carbonyl (C=O) groups excluding carboxylic acids is 1. The molecule has 298 valence electrons. The third-order valence-electron chi connectivity index (χ3n) is 12.5. The van der Waals surface area contributed by atoms with Gasteiger partial charge in [0.25, 0.3) is 5.91 Å². The molecule has 0 spiro atoms. The number of fused-ring (bicyclic) bond motifs is 2. The van der Waals surface area contributed by atoms with Crippen molar-refractivity contribution in [2.75, 3.05) is 91.9 Å². The minimum Gasteiger partial charge on any atom is -0.491 e. The number of piperazine rings is 1. The van der Waals surface area contributed by atoms with Gasteiger partial charge in [0, 0.05) is 88.9 Å². The fraction of sp³-hybridized carbons (Fsp3) is 0.651. The lowest BCUT2D eigenvalue weighted by Crippen LogP contribution is -2.60. The Balaban J connectivity index is 1.32. The second-order valence-electron chi connectivity index (χ2n) is 16.0. The summed E-state index contributed by atoms with van der Waals surface area (Å²) in [5.41, 5.74) is 3.83. The topological polar surface area (TPSA) is 75.7 Å². The quantitative estimate of drug-likeness (QED) is 0.186.